The quantitative estimate of drug-likeness (QED) is 0.495. The van der Waals surface area contributed by atoms with E-state index in [0.717, 1.165) is 11.8 Å². The molecule has 0 radical (unpaired) electrons. The molecule has 0 heterocycles. The van der Waals surface area contributed by atoms with Gasteiger partial charge in [0, 0.05) is 0 Å². The van der Waals surface area contributed by atoms with E-state index in [9.17, 15) is 0 Å². The molecule has 1 fully saturated rings. The van der Waals surface area contributed by atoms with Gasteiger partial charge in [-0.25, -0.2) is 0 Å². The van der Waals surface area contributed by atoms with Gasteiger partial charge in [-0.3, -0.25) is 0 Å². The van der Waals surface area contributed by atoms with E-state index < -0.39 is 0 Å². The molecule has 0 saturated heterocycles. The Balaban J connectivity index is -0.000000245. The fourth-order valence-corrected chi connectivity index (χ4v) is 2.03. The van der Waals surface area contributed by atoms with E-state index >= 15 is 0 Å². The Bertz CT molecular complexity index is 78.0. The molecular weight excluding hydrogens is 192 g/mol. The number of hydrogen-bond acceptors (Lipinski definition) is 0. The van der Waals surface area contributed by atoms with Crippen LogP contribution in [-0.2, 0) is 0 Å². The van der Waals surface area contributed by atoms with Crippen molar-refractivity contribution >= 4 is 0 Å². The average Bonchev–Trinajstić information content (AvgIpc) is 2.40. The Hall–Kier alpha value is 0. The summed E-state index contributed by atoms with van der Waals surface area (Å²) in [7, 11) is 0. The molecule has 16 heavy (non-hydrogen) atoms. The van der Waals surface area contributed by atoms with E-state index in [2.05, 4.69) is 13.8 Å². The van der Waals surface area contributed by atoms with Gasteiger partial charge in [-0.05, 0) is 11.8 Å². The van der Waals surface area contributed by atoms with Gasteiger partial charge in [0.05, 0.1) is 0 Å². The Labute approximate surface area is 106 Å². The van der Waals surface area contributed by atoms with E-state index in [-0.39, 0.29) is 0 Å². The smallest absolute Gasteiger partial charge is 0.0414 e. The van der Waals surface area contributed by atoms with Crippen LogP contribution in [0, 0.1) is 11.8 Å². The SMILES string of the molecule is CC.CC.CC.CCCC1CCC(C)CC1. The Morgan fingerprint density at radius 2 is 1.12 bits per heavy atom. The zero-order valence-corrected chi connectivity index (χ0v) is 13.4. The third kappa shape index (κ3) is 14.0. The molecule has 102 valence electrons. The first-order valence-electron chi connectivity index (χ1n) is 7.83. The molecule has 0 bridgehead atoms. The summed E-state index contributed by atoms with van der Waals surface area (Å²) in [5.74, 6) is 2.11. The predicted octanol–water partition coefficient (Wildman–Crippen LogP) is 6.69. The van der Waals surface area contributed by atoms with Crippen molar-refractivity contribution < 1.29 is 0 Å². The Kier molecular flexibility index (Phi) is 27.2. The summed E-state index contributed by atoms with van der Waals surface area (Å²) >= 11 is 0. The maximum atomic E-state index is 2.39. The summed E-state index contributed by atoms with van der Waals surface area (Å²) in [6.07, 6.45) is 8.87. The van der Waals surface area contributed by atoms with Crippen LogP contribution in [0.4, 0.5) is 0 Å². The summed E-state index contributed by atoms with van der Waals surface area (Å²) in [6.45, 7) is 16.7. The van der Waals surface area contributed by atoms with Crippen molar-refractivity contribution in [3.63, 3.8) is 0 Å². The lowest BCUT2D eigenvalue weighted by atomic mass is 9.81. The maximum absolute atomic E-state index is 2.39. The second kappa shape index (κ2) is 20.4. The second-order valence-corrected chi connectivity index (χ2v) is 3.91. The van der Waals surface area contributed by atoms with Crippen molar-refractivity contribution in [2.24, 2.45) is 11.8 Å². The fourth-order valence-electron chi connectivity index (χ4n) is 2.03. The van der Waals surface area contributed by atoms with Crippen LogP contribution < -0.4 is 0 Å². The molecule has 1 aliphatic rings. The van der Waals surface area contributed by atoms with Crippen LogP contribution in [-0.4, -0.2) is 0 Å². The molecule has 0 atom stereocenters. The normalized spacial score (nSPS) is 22.5. The Morgan fingerprint density at radius 1 is 0.750 bits per heavy atom. The predicted molar refractivity (Wildman–Crippen MR) is 80.1 cm³/mol. The standard InChI is InChI=1S/C10H20.3C2H6/c1-3-4-10-7-5-9(2)6-8-10;3*1-2/h9-10H,3-8H2,1-2H3;3*1-2H3. The zero-order valence-electron chi connectivity index (χ0n) is 13.4. The van der Waals surface area contributed by atoms with E-state index in [1.165, 1.54) is 38.5 Å². The van der Waals surface area contributed by atoms with Gasteiger partial charge >= 0.3 is 0 Å². The molecule has 0 heteroatoms. The first-order valence-corrected chi connectivity index (χ1v) is 7.83. The Morgan fingerprint density at radius 3 is 1.44 bits per heavy atom. The number of rotatable bonds is 2. The van der Waals surface area contributed by atoms with Crippen LogP contribution in [0.5, 0.6) is 0 Å². The molecule has 0 aliphatic heterocycles. The van der Waals surface area contributed by atoms with Crippen molar-refractivity contribution in [2.45, 2.75) is 93.9 Å². The van der Waals surface area contributed by atoms with Crippen LogP contribution in [0.3, 0.4) is 0 Å². The first kappa shape index (κ1) is 21.3. The highest BCUT2D eigenvalue weighted by molar-refractivity contribution is 4.69. The maximum Gasteiger partial charge on any atom is -0.0414 e. The molecule has 0 N–H and O–H groups in total. The van der Waals surface area contributed by atoms with Gasteiger partial charge in [-0.15, -0.1) is 0 Å². The molecule has 0 aromatic carbocycles. The number of hydrogen-bond donors (Lipinski definition) is 0. The zero-order chi connectivity index (χ0) is 13.4. The average molecular weight is 230 g/mol. The van der Waals surface area contributed by atoms with Crippen LogP contribution in [0.1, 0.15) is 93.9 Å². The monoisotopic (exact) mass is 230 g/mol. The van der Waals surface area contributed by atoms with Gasteiger partial charge in [-0.2, -0.15) is 0 Å². The van der Waals surface area contributed by atoms with Gasteiger partial charge in [0.15, 0.2) is 0 Å². The van der Waals surface area contributed by atoms with E-state index in [4.69, 9.17) is 0 Å². The van der Waals surface area contributed by atoms with E-state index in [1.54, 1.807) is 0 Å². The minimum atomic E-state index is 1.02. The lowest BCUT2D eigenvalue weighted by molar-refractivity contribution is 0.276. The minimum Gasteiger partial charge on any atom is -0.0683 e. The lowest BCUT2D eigenvalue weighted by Crippen LogP contribution is -2.11. The second-order valence-electron chi connectivity index (χ2n) is 3.91. The molecule has 1 saturated carbocycles. The third-order valence-corrected chi connectivity index (χ3v) is 2.83. The highest BCUT2D eigenvalue weighted by Gasteiger charge is 2.16. The van der Waals surface area contributed by atoms with Crippen molar-refractivity contribution in [3.05, 3.63) is 0 Å². The van der Waals surface area contributed by atoms with Crippen molar-refractivity contribution in [2.75, 3.05) is 0 Å². The topological polar surface area (TPSA) is 0 Å². The van der Waals surface area contributed by atoms with Crippen LogP contribution in [0.15, 0.2) is 0 Å². The largest absolute Gasteiger partial charge is 0.0683 e. The molecular formula is C16H38. The van der Waals surface area contributed by atoms with Crippen molar-refractivity contribution in [3.8, 4) is 0 Å². The summed E-state index contributed by atoms with van der Waals surface area (Å²) in [5.41, 5.74) is 0. The van der Waals surface area contributed by atoms with Gasteiger partial charge in [-0.1, -0.05) is 93.9 Å². The van der Waals surface area contributed by atoms with Gasteiger partial charge in [0.2, 0.25) is 0 Å². The van der Waals surface area contributed by atoms with Gasteiger partial charge < -0.3 is 0 Å². The van der Waals surface area contributed by atoms with Crippen LogP contribution in [0.2, 0.25) is 0 Å². The summed E-state index contributed by atoms with van der Waals surface area (Å²) < 4.78 is 0. The summed E-state index contributed by atoms with van der Waals surface area (Å²) in [5, 5.41) is 0. The third-order valence-electron chi connectivity index (χ3n) is 2.83. The molecule has 0 amide bonds. The molecule has 1 rings (SSSR count). The van der Waals surface area contributed by atoms with Crippen LogP contribution >= 0.6 is 0 Å². The first-order chi connectivity index (χ1) is 7.83. The summed E-state index contributed by atoms with van der Waals surface area (Å²) in [6, 6.07) is 0. The molecule has 0 unspecified atom stereocenters. The van der Waals surface area contributed by atoms with Gasteiger partial charge in [0.1, 0.15) is 0 Å². The minimum absolute atomic E-state index is 1.02. The molecule has 0 spiro atoms. The van der Waals surface area contributed by atoms with Crippen LogP contribution in [0.25, 0.3) is 0 Å². The van der Waals surface area contributed by atoms with Crippen molar-refractivity contribution in [1.82, 2.24) is 0 Å². The van der Waals surface area contributed by atoms with E-state index in [1.807, 2.05) is 41.5 Å². The molecule has 0 aromatic heterocycles. The van der Waals surface area contributed by atoms with Gasteiger partial charge in [0.25, 0.3) is 0 Å². The highest BCUT2D eigenvalue weighted by Crippen LogP contribution is 2.30. The molecule has 1 aliphatic carbocycles. The molecule has 0 aromatic rings. The fraction of sp³-hybridized carbons (Fsp3) is 1.00. The van der Waals surface area contributed by atoms with E-state index in [0.29, 0.717) is 0 Å². The summed E-state index contributed by atoms with van der Waals surface area (Å²) in [4.78, 5) is 0. The lowest BCUT2D eigenvalue weighted by Gasteiger charge is -2.25. The van der Waals surface area contributed by atoms with Crippen molar-refractivity contribution in [1.29, 1.82) is 0 Å². The molecule has 0 nitrogen and oxygen atoms in total. The highest BCUT2D eigenvalue weighted by atomic mass is 14.2.